The van der Waals surface area contributed by atoms with Crippen LogP contribution >= 0.6 is 0 Å². The minimum Gasteiger partial charge on any atom is -0.392 e. The number of pyridine rings is 1. The van der Waals surface area contributed by atoms with Crippen LogP contribution in [0.2, 0.25) is 0 Å². The summed E-state index contributed by atoms with van der Waals surface area (Å²) in [5, 5.41) is 12.0. The number of nitrogens with one attached hydrogen (secondary N) is 1. The Bertz CT molecular complexity index is 884. The van der Waals surface area contributed by atoms with Crippen LogP contribution in [0, 0.1) is 0 Å². The van der Waals surface area contributed by atoms with Gasteiger partial charge in [0.05, 0.1) is 6.61 Å². The lowest BCUT2D eigenvalue weighted by molar-refractivity contribution is -0.141. The molecule has 3 aromatic rings. The molecule has 2 heterocycles. The molecule has 0 atom stereocenters. The van der Waals surface area contributed by atoms with Gasteiger partial charge in [-0.25, -0.2) is 9.97 Å². The third-order valence-electron chi connectivity index (χ3n) is 3.88. The molecule has 3 rings (SSSR count). The quantitative estimate of drug-likeness (QED) is 0.688. The van der Waals surface area contributed by atoms with Crippen LogP contribution in [-0.4, -0.2) is 26.6 Å². The van der Waals surface area contributed by atoms with E-state index in [4.69, 9.17) is 5.11 Å². The second-order valence-corrected chi connectivity index (χ2v) is 5.85. The highest BCUT2D eigenvalue weighted by molar-refractivity contribution is 5.57. The van der Waals surface area contributed by atoms with Gasteiger partial charge in [-0.05, 0) is 29.7 Å². The zero-order valence-corrected chi connectivity index (χ0v) is 14.2. The molecule has 0 aliphatic heterocycles. The van der Waals surface area contributed by atoms with Crippen molar-refractivity contribution in [1.29, 1.82) is 0 Å². The van der Waals surface area contributed by atoms with Crippen LogP contribution in [-0.2, 0) is 19.2 Å². The van der Waals surface area contributed by atoms with E-state index in [1.165, 1.54) is 12.4 Å². The number of hydrogen-bond acceptors (Lipinski definition) is 5. The van der Waals surface area contributed by atoms with Gasteiger partial charge in [0.15, 0.2) is 11.5 Å². The maximum absolute atomic E-state index is 13.2. The van der Waals surface area contributed by atoms with Crippen molar-refractivity contribution in [3.63, 3.8) is 0 Å². The lowest BCUT2D eigenvalue weighted by Gasteiger charge is -2.12. The van der Waals surface area contributed by atoms with Crippen LogP contribution in [0.25, 0.3) is 11.4 Å². The lowest BCUT2D eigenvalue weighted by atomic mass is 10.1. The maximum atomic E-state index is 13.2. The Labute approximate surface area is 154 Å². The minimum atomic E-state index is -4.57. The van der Waals surface area contributed by atoms with E-state index in [1.54, 1.807) is 12.1 Å². The summed E-state index contributed by atoms with van der Waals surface area (Å²) in [5.41, 5.74) is 1.26. The highest BCUT2D eigenvalue weighted by Gasteiger charge is 2.33. The SMILES string of the molecule is OCc1ccc(CCNc2cc(C(F)(F)F)nc(-c3ccncc3)n2)cc1. The molecule has 0 radical (unpaired) electrons. The van der Waals surface area contributed by atoms with E-state index >= 15 is 0 Å². The van der Waals surface area contributed by atoms with Crippen molar-refractivity contribution in [2.24, 2.45) is 0 Å². The first kappa shape index (κ1) is 18.8. The standard InChI is InChI=1S/C19H17F3N4O/c20-19(21,22)16-11-17(26-18(25-16)15-6-8-23-9-7-15)24-10-5-13-1-3-14(12-27)4-2-13/h1-4,6-9,11,27H,5,10,12H2,(H,24,25,26). The Morgan fingerprint density at radius 1 is 0.926 bits per heavy atom. The Morgan fingerprint density at radius 3 is 2.22 bits per heavy atom. The first-order valence-corrected chi connectivity index (χ1v) is 8.25. The highest BCUT2D eigenvalue weighted by atomic mass is 19.4. The van der Waals surface area contributed by atoms with Crippen molar-refractivity contribution in [2.45, 2.75) is 19.2 Å². The molecule has 0 amide bonds. The summed E-state index contributed by atoms with van der Waals surface area (Å²) in [7, 11) is 0. The maximum Gasteiger partial charge on any atom is 0.433 e. The van der Waals surface area contributed by atoms with Gasteiger partial charge in [-0.1, -0.05) is 24.3 Å². The second-order valence-electron chi connectivity index (χ2n) is 5.85. The van der Waals surface area contributed by atoms with E-state index in [2.05, 4.69) is 20.3 Å². The summed E-state index contributed by atoms with van der Waals surface area (Å²) in [4.78, 5) is 11.7. The van der Waals surface area contributed by atoms with Gasteiger partial charge in [0.25, 0.3) is 0 Å². The van der Waals surface area contributed by atoms with Crippen molar-refractivity contribution >= 4 is 5.82 Å². The van der Waals surface area contributed by atoms with Crippen LogP contribution in [0.1, 0.15) is 16.8 Å². The molecule has 5 nitrogen and oxygen atoms in total. The lowest BCUT2D eigenvalue weighted by Crippen LogP contribution is -2.13. The Morgan fingerprint density at radius 2 is 1.59 bits per heavy atom. The summed E-state index contributed by atoms with van der Waals surface area (Å²) < 4.78 is 39.5. The molecule has 2 aromatic heterocycles. The Hall–Kier alpha value is -3.00. The number of benzene rings is 1. The number of hydrogen-bond donors (Lipinski definition) is 2. The number of alkyl halides is 3. The fraction of sp³-hybridized carbons (Fsp3) is 0.211. The third-order valence-corrected chi connectivity index (χ3v) is 3.88. The second kappa shape index (κ2) is 8.13. The van der Waals surface area contributed by atoms with Crippen LogP contribution < -0.4 is 5.32 Å². The van der Waals surface area contributed by atoms with E-state index in [0.29, 0.717) is 18.5 Å². The molecule has 0 unspecified atom stereocenters. The molecule has 27 heavy (non-hydrogen) atoms. The molecule has 0 fully saturated rings. The number of anilines is 1. The molecule has 0 aliphatic carbocycles. The van der Waals surface area contributed by atoms with E-state index in [0.717, 1.165) is 17.2 Å². The van der Waals surface area contributed by atoms with Crippen molar-refractivity contribution < 1.29 is 18.3 Å². The first-order valence-electron chi connectivity index (χ1n) is 8.25. The smallest absolute Gasteiger partial charge is 0.392 e. The van der Waals surface area contributed by atoms with E-state index in [-0.39, 0.29) is 18.2 Å². The molecular formula is C19H17F3N4O. The van der Waals surface area contributed by atoms with Crippen molar-refractivity contribution in [3.8, 4) is 11.4 Å². The molecule has 0 spiro atoms. The van der Waals surface area contributed by atoms with Gasteiger partial charge < -0.3 is 10.4 Å². The van der Waals surface area contributed by atoms with Crippen LogP contribution in [0.5, 0.6) is 0 Å². The molecule has 2 N–H and O–H groups in total. The number of rotatable bonds is 6. The molecule has 0 saturated carbocycles. The number of aliphatic hydroxyl groups excluding tert-OH is 1. The summed E-state index contributed by atoms with van der Waals surface area (Å²) >= 11 is 0. The average Bonchev–Trinajstić information content (AvgIpc) is 2.68. The number of aromatic nitrogens is 3. The van der Waals surface area contributed by atoms with E-state index in [9.17, 15) is 13.2 Å². The molecule has 0 bridgehead atoms. The normalized spacial score (nSPS) is 11.4. The predicted molar refractivity (Wildman–Crippen MR) is 94.8 cm³/mol. The van der Waals surface area contributed by atoms with Gasteiger partial charge in [-0.3, -0.25) is 4.98 Å². The molecule has 1 aromatic carbocycles. The topological polar surface area (TPSA) is 70.9 Å². The van der Waals surface area contributed by atoms with Crippen LogP contribution in [0.3, 0.4) is 0 Å². The highest BCUT2D eigenvalue weighted by Crippen LogP contribution is 2.30. The Kier molecular flexibility index (Phi) is 5.66. The zero-order valence-electron chi connectivity index (χ0n) is 14.2. The predicted octanol–water partition coefficient (Wildman–Crippen LogP) is 3.70. The fourth-order valence-corrected chi connectivity index (χ4v) is 2.46. The first-order chi connectivity index (χ1) is 13.0. The number of aliphatic hydroxyl groups is 1. The summed E-state index contributed by atoms with van der Waals surface area (Å²) in [6, 6.07) is 11.4. The Balaban J connectivity index is 1.77. The largest absolute Gasteiger partial charge is 0.433 e. The molecule has 140 valence electrons. The summed E-state index contributed by atoms with van der Waals surface area (Å²) in [5.74, 6) is 0.0955. The molecule has 0 aliphatic rings. The number of halogens is 3. The summed E-state index contributed by atoms with van der Waals surface area (Å²) in [6.45, 7) is 0.375. The molecule has 0 saturated heterocycles. The zero-order chi connectivity index (χ0) is 19.3. The van der Waals surface area contributed by atoms with Crippen molar-refractivity contribution in [2.75, 3.05) is 11.9 Å². The van der Waals surface area contributed by atoms with Gasteiger partial charge in [0, 0.05) is 30.6 Å². The van der Waals surface area contributed by atoms with Crippen molar-refractivity contribution in [3.05, 3.63) is 71.7 Å². The van der Waals surface area contributed by atoms with Gasteiger partial charge in [0.2, 0.25) is 0 Å². The van der Waals surface area contributed by atoms with E-state index in [1.807, 2.05) is 24.3 Å². The van der Waals surface area contributed by atoms with Crippen LogP contribution in [0.15, 0.2) is 54.9 Å². The van der Waals surface area contributed by atoms with Gasteiger partial charge in [-0.2, -0.15) is 13.2 Å². The molecule has 8 heteroatoms. The van der Waals surface area contributed by atoms with Gasteiger partial charge in [-0.15, -0.1) is 0 Å². The summed E-state index contributed by atoms with van der Waals surface area (Å²) in [6.07, 6.45) is -1.02. The monoisotopic (exact) mass is 374 g/mol. The van der Waals surface area contributed by atoms with E-state index < -0.39 is 11.9 Å². The van der Waals surface area contributed by atoms with Crippen molar-refractivity contribution in [1.82, 2.24) is 15.0 Å². The van der Waals surface area contributed by atoms with Crippen LogP contribution in [0.4, 0.5) is 19.0 Å². The third kappa shape index (κ3) is 5.01. The fourth-order valence-electron chi connectivity index (χ4n) is 2.46. The minimum absolute atomic E-state index is 0.0120. The molecular weight excluding hydrogens is 357 g/mol. The average molecular weight is 374 g/mol. The van der Waals surface area contributed by atoms with Gasteiger partial charge >= 0.3 is 6.18 Å². The number of nitrogens with zero attached hydrogens (tertiary/aromatic N) is 3. The van der Waals surface area contributed by atoms with Gasteiger partial charge in [0.1, 0.15) is 5.82 Å².